The van der Waals surface area contributed by atoms with Crippen molar-refractivity contribution in [1.29, 1.82) is 0 Å². The predicted molar refractivity (Wildman–Crippen MR) is 125 cm³/mol. The van der Waals surface area contributed by atoms with Gasteiger partial charge in [-0.1, -0.05) is 24.0 Å². The number of rotatable bonds is 4. The van der Waals surface area contributed by atoms with Crippen LogP contribution in [0.25, 0.3) is 22.6 Å². The first-order chi connectivity index (χ1) is 16.3. The Morgan fingerprint density at radius 3 is 2.71 bits per heavy atom. The molecule has 0 spiro atoms. The SMILES string of the molecule is CCOC(=O)c1cc(-c2ccc(C)nc2)nc(-c2cccc(C#C[C@]3(O)CCN(C)C3=O)c2)n1. The number of pyridine rings is 1. The number of amides is 1. The summed E-state index contributed by atoms with van der Waals surface area (Å²) in [5, 5.41) is 10.6. The molecule has 3 heterocycles. The molecule has 0 unspecified atom stereocenters. The van der Waals surface area contributed by atoms with Crippen LogP contribution in [-0.4, -0.2) is 62.6 Å². The van der Waals surface area contributed by atoms with E-state index in [1.54, 1.807) is 50.5 Å². The molecule has 8 heteroatoms. The monoisotopic (exact) mass is 456 g/mol. The Bertz CT molecular complexity index is 1310. The van der Waals surface area contributed by atoms with E-state index in [4.69, 9.17) is 4.74 Å². The lowest BCUT2D eigenvalue weighted by Crippen LogP contribution is -2.37. The van der Waals surface area contributed by atoms with Crippen molar-refractivity contribution in [2.24, 2.45) is 0 Å². The Labute approximate surface area is 197 Å². The topological polar surface area (TPSA) is 106 Å². The van der Waals surface area contributed by atoms with Crippen LogP contribution in [0.2, 0.25) is 0 Å². The third kappa shape index (κ3) is 4.80. The average Bonchev–Trinajstić information content (AvgIpc) is 3.11. The van der Waals surface area contributed by atoms with Crippen LogP contribution in [-0.2, 0) is 9.53 Å². The van der Waals surface area contributed by atoms with Gasteiger partial charge in [0.2, 0.25) is 5.60 Å². The molecular weight excluding hydrogens is 432 g/mol. The summed E-state index contributed by atoms with van der Waals surface area (Å²) in [4.78, 5) is 39.5. The quantitative estimate of drug-likeness (QED) is 0.475. The second-order valence-corrected chi connectivity index (χ2v) is 8.04. The number of aliphatic hydroxyl groups is 1. The minimum Gasteiger partial charge on any atom is -0.461 e. The number of aromatic nitrogens is 3. The molecule has 2 aromatic heterocycles. The lowest BCUT2D eigenvalue weighted by atomic mass is 10.0. The Morgan fingerprint density at radius 1 is 1.21 bits per heavy atom. The molecule has 1 aromatic carbocycles. The first-order valence-corrected chi connectivity index (χ1v) is 10.9. The minimum absolute atomic E-state index is 0.132. The smallest absolute Gasteiger partial charge is 0.357 e. The molecule has 1 amide bonds. The van der Waals surface area contributed by atoms with Crippen molar-refractivity contribution in [3.63, 3.8) is 0 Å². The van der Waals surface area contributed by atoms with Crippen LogP contribution >= 0.6 is 0 Å². The first kappa shape index (κ1) is 23.1. The zero-order chi connectivity index (χ0) is 24.3. The Morgan fingerprint density at radius 2 is 2.03 bits per heavy atom. The Balaban J connectivity index is 1.74. The number of likely N-dealkylation sites (tertiary alicyclic amines) is 1. The number of carbonyl (C=O) groups is 2. The fourth-order valence-electron chi connectivity index (χ4n) is 3.53. The highest BCUT2D eigenvalue weighted by Crippen LogP contribution is 2.24. The Hall–Kier alpha value is -4.09. The zero-order valence-electron chi connectivity index (χ0n) is 19.2. The number of hydrogen-bond acceptors (Lipinski definition) is 7. The minimum atomic E-state index is -1.68. The highest BCUT2D eigenvalue weighted by molar-refractivity contribution is 5.91. The summed E-state index contributed by atoms with van der Waals surface area (Å²) in [6.07, 6.45) is 1.95. The second kappa shape index (κ2) is 9.41. The van der Waals surface area contributed by atoms with Crippen molar-refractivity contribution in [3.05, 3.63) is 65.6 Å². The number of esters is 1. The van der Waals surface area contributed by atoms with E-state index in [0.29, 0.717) is 29.2 Å². The highest BCUT2D eigenvalue weighted by atomic mass is 16.5. The van der Waals surface area contributed by atoms with E-state index in [1.165, 1.54) is 4.90 Å². The van der Waals surface area contributed by atoms with Gasteiger partial charge < -0.3 is 14.7 Å². The normalized spacial score (nSPS) is 17.3. The molecule has 0 aliphatic carbocycles. The van der Waals surface area contributed by atoms with Crippen LogP contribution in [0.3, 0.4) is 0 Å². The fraction of sp³-hybridized carbons (Fsp3) is 0.269. The maximum atomic E-state index is 12.5. The predicted octanol–water partition coefficient (Wildman–Crippen LogP) is 2.64. The van der Waals surface area contributed by atoms with E-state index in [2.05, 4.69) is 26.8 Å². The third-order valence-corrected chi connectivity index (χ3v) is 5.46. The van der Waals surface area contributed by atoms with E-state index in [0.717, 1.165) is 11.3 Å². The number of carbonyl (C=O) groups excluding carboxylic acids is 2. The molecule has 0 bridgehead atoms. The largest absolute Gasteiger partial charge is 0.461 e. The molecule has 172 valence electrons. The fourth-order valence-corrected chi connectivity index (χ4v) is 3.53. The van der Waals surface area contributed by atoms with E-state index in [9.17, 15) is 14.7 Å². The second-order valence-electron chi connectivity index (χ2n) is 8.04. The molecule has 0 radical (unpaired) electrons. The van der Waals surface area contributed by atoms with Gasteiger partial charge in [0.15, 0.2) is 11.5 Å². The number of likely N-dealkylation sites (N-methyl/N-ethyl adjacent to an activating group) is 1. The van der Waals surface area contributed by atoms with Gasteiger partial charge in [0.25, 0.3) is 5.91 Å². The molecule has 4 rings (SSSR count). The average molecular weight is 457 g/mol. The van der Waals surface area contributed by atoms with Crippen LogP contribution in [0.1, 0.15) is 35.1 Å². The maximum Gasteiger partial charge on any atom is 0.357 e. The number of hydrogen-bond donors (Lipinski definition) is 1. The van der Waals surface area contributed by atoms with Crippen molar-refractivity contribution in [2.45, 2.75) is 25.9 Å². The molecular formula is C26H24N4O4. The third-order valence-electron chi connectivity index (χ3n) is 5.46. The van der Waals surface area contributed by atoms with E-state index < -0.39 is 17.5 Å². The van der Waals surface area contributed by atoms with Gasteiger partial charge in [-0.2, -0.15) is 0 Å². The van der Waals surface area contributed by atoms with Gasteiger partial charge in [-0.25, -0.2) is 14.8 Å². The summed E-state index contributed by atoms with van der Waals surface area (Å²) in [7, 11) is 1.64. The van der Waals surface area contributed by atoms with Crippen LogP contribution in [0.5, 0.6) is 0 Å². The van der Waals surface area contributed by atoms with Gasteiger partial charge in [-0.3, -0.25) is 9.78 Å². The van der Waals surface area contributed by atoms with Crippen LogP contribution in [0.15, 0.2) is 48.7 Å². The van der Waals surface area contributed by atoms with Crippen molar-refractivity contribution in [1.82, 2.24) is 19.9 Å². The Kier molecular flexibility index (Phi) is 6.39. The molecule has 34 heavy (non-hydrogen) atoms. The summed E-state index contributed by atoms with van der Waals surface area (Å²) in [6.45, 7) is 4.30. The van der Waals surface area contributed by atoms with Crippen LogP contribution < -0.4 is 0 Å². The highest BCUT2D eigenvalue weighted by Gasteiger charge is 2.42. The molecule has 8 nitrogen and oxygen atoms in total. The molecule has 3 aromatic rings. The maximum absolute atomic E-state index is 12.5. The van der Waals surface area contributed by atoms with Crippen molar-refractivity contribution >= 4 is 11.9 Å². The lowest BCUT2D eigenvalue weighted by Gasteiger charge is -2.13. The summed E-state index contributed by atoms with van der Waals surface area (Å²) >= 11 is 0. The van der Waals surface area contributed by atoms with Crippen LogP contribution in [0, 0.1) is 18.8 Å². The van der Waals surface area contributed by atoms with Gasteiger partial charge in [-0.15, -0.1) is 0 Å². The van der Waals surface area contributed by atoms with Crippen LogP contribution in [0.4, 0.5) is 0 Å². The first-order valence-electron chi connectivity index (χ1n) is 10.9. The van der Waals surface area contributed by atoms with Gasteiger partial charge in [0.1, 0.15) is 0 Å². The molecule has 1 aliphatic rings. The molecule has 1 atom stereocenters. The van der Waals surface area contributed by atoms with Crippen molar-refractivity contribution in [3.8, 4) is 34.5 Å². The molecule has 1 fully saturated rings. The molecule has 1 saturated heterocycles. The standard InChI is InChI=1S/C26H24N4O4/c1-4-34-24(31)22-15-21(20-9-8-17(2)27-16-20)28-23(29-22)19-7-5-6-18(14-19)10-11-26(33)12-13-30(3)25(26)32/h5-9,14-16,33H,4,12-13H2,1-3H3/t26-/m0/s1. The summed E-state index contributed by atoms with van der Waals surface area (Å²) in [5.41, 5.74) is 1.79. The number of nitrogens with zero attached hydrogens (tertiary/aromatic N) is 4. The molecule has 1 N–H and O–H groups in total. The van der Waals surface area contributed by atoms with Crippen molar-refractivity contribution < 1.29 is 19.4 Å². The van der Waals surface area contributed by atoms with E-state index in [-0.39, 0.29) is 18.7 Å². The van der Waals surface area contributed by atoms with Gasteiger partial charge >= 0.3 is 5.97 Å². The van der Waals surface area contributed by atoms with Crippen molar-refractivity contribution in [2.75, 3.05) is 20.2 Å². The van der Waals surface area contributed by atoms with Gasteiger partial charge in [-0.05, 0) is 44.2 Å². The number of ether oxygens (including phenoxy) is 1. The summed E-state index contributed by atoms with van der Waals surface area (Å²) in [5.74, 6) is 4.98. The van der Waals surface area contributed by atoms with Gasteiger partial charge in [0, 0.05) is 48.6 Å². The molecule has 0 saturated carbocycles. The zero-order valence-corrected chi connectivity index (χ0v) is 19.2. The summed E-state index contributed by atoms with van der Waals surface area (Å²) < 4.78 is 5.15. The summed E-state index contributed by atoms with van der Waals surface area (Å²) in [6, 6.07) is 12.4. The molecule has 1 aliphatic heterocycles. The van der Waals surface area contributed by atoms with Gasteiger partial charge in [0.05, 0.1) is 12.3 Å². The van der Waals surface area contributed by atoms with E-state index >= 15 is 0 Å². The number of benzene rings is 1. The number of aryl methyl sites for hydroxylation is 1. The van der Waals surface area contributed by atoms with E-state index in [1.807, 2.05) is 19.1 Å². The lowest BCUT2D eigenvalue weighted by molar-refractivity contribution is -0.137.